The minimum atomic E-state index is 0.170. The van der Waals surface area contributed by atoms with Gasteiger partial charge in [0.15, 0.2) is 5.84 Å². The fourth-order valence-electron chi connectivity index (χ4n) is 2.85. The number of aromatic nitrogens is 1. The molecule has 4 rings (SSSR count). The molecule has 0 radical (unpaired) electrons. The van der Waals surface area contributed by atoms with Crippen LogP contribution in [0.5, 0.6) is 5.75 Å². The predicted octanol–water partition coefficient (Wildman–Crippen LogP) is 4.64. The van der Waals surface area contributed by atoms with Crippen molar-refractivity contribution < 1.29 is 5.11 Å². The maximum absolute atomic E-state index is 10.3. The molecule has 4 aromatic rings. The number of amidine groups is 1. The van der Waals surface area contributed by atoms with E-state index in [0.29, 0.717) is 17.1 Å². The van der Waals surface area contributed by atoms with Crippen LogP contribution in [-0.2, 0) is 0 Å². The zero-order valence-corrected chi connectivity index (χ0v) is 15.0. The van der Waals surface area contributed by atoms with Crippen molar-refractivity contribution in [3.05, 3.63) is 102 Å². The molecule has 0 saturated heterocycles. The number of fused-ring (bicyclic) bond motifs is 1. The Morgan fingerprint density at radius 3 is 2.46 bits per heavy atom. The van der Waals surface area contributed by atoms with Crippen molar-refractivity contribution in [1.29, 1.82) is 0 Å². The Labute approximate surface area is 162 Å². The number of nitrogens with one attached hydrogen (secondary N) is 1. The van der Waals surface area contributed by atoms with Gasteiger partial charge in [-0.05, 0) is 41.1 Å². The van der Waals surface area contributed by atoms with Crippen molar-refractivity contribution >= 4 is 28.5 Å². The van der Waals surface area contributed by atoms with Crippen molar-refractivity contribution in [1.82, 2.24) is 10.4 Å². The maximum atomic E-state index is 10.3. The molecule has 0 atom stereocenters. The summed E-state index contributed by atoms with van der Waals surface area (Å²) >= 11 is 0. The van der Waals surface area contributed by atoms with Gasteiger partial charge in [-0.2, -0.15) is 5.10 Å². The molecule has 0 aliphatic carbocycles. The van der Waals surface area contributed by atoms with E-state index in [1.165, 1.54) is 0 Å². The number of hydrogen-bond donors (Lipinski definition) is 2. The van der Waals surface area contributed by atoms with Crippen LogP contribution in [0.1, 0.15) is 11.3 Å². The van der Waals surface area contributed by atoms with Gasteiger partial charge in [0, 0.05) is 11.8 Å². The molecule has 0 aliphatic rings. The number of nitrogens with zero attached hydrogens (tertiary/aromatic N) is 3. The highest BCUT2D eigenvalue weighted by Gasteiger charge is 2.06. The molecule has 0 aliphatic heterocycles. The molecule has 5 heteroatoms. The van der Waals surface area contributed by atoms with Gasteiger partial charge < -0.3 is 5.11 Å². The summed E-state index contributed by atoms with van der Waals surface area (Å²) in [6.07, 6.45) is 3.30. The van der Waals surface area contributed by atoms with Crippen molar-refractivity contribution in [3.8, 4) is 5.75 Å². The number of hydrazone groups is 1. The van der Waals surface area contributed by atoms with Crippen LogP contribution in [0.15, 0.2) is 101 Å². The molecule has 0 fully saturated rings. The lowest BCUT2D eigenvalue weighted by Gasteiger charge is -2.07. The zero-order chi connectivity index (χ0) is 19.2. The Bertz CT molecular complexity index is 1140. The first-order chi connectivity index (χ1) is 13.8. The highest BCUT2D eigenvalue weighted by Crippen LogP contribution is 2.25. The first-order valence-electron chi connectivity index (χ1n) is 8.86. The Morgan fingerprint density at radius 2 is 1.64 bits per heavy atom. The standard InChI is InChI=1S/C23H18N4O/c28-22-14-13-17-8-4-5-11-19(17)20(22)16-25-27-23(21-12-6-7-15-24-21)26-18-9-2-1-3-10-18/h1-16,28H,(H,26,27)/b25-16+. The Balaban J connectivity index is 1.67. The second kappa shape index (κ2) is 8.14. The third-order valence-corrected chi connectivity index (χ3v) is 4.22. The Hall–Kier alpha value is -3.99. The summed E-state index contributed by atoms with van der Waals surface area (Å²) in [6, 6.07) is 26.6. The highest BCUT2D eigenvalue weighted by atomic mass is 16.3. The number of rotatable bonds is 4. The molecule has 0 saturated carbocycles. The van der Waals surface area contributed by atoms with E-state index in [4.69, 9.17) is 0 Å². The second-order valence-corrected chi connectivity index (χ2v) is 6.10. The van der Waals surface area contributed by atoms with E-state index in [9.17, 15) is 5.11 Å². The van der Waals surface area contributed by atoms with Crippen LogP contribution < -0.4 is 5.43 Å². The van der Waals surface area contributed by atoms with Crippen LogP contribution >= 0.6 is 0 Å². The Kier molecular flexibility index (Phi) is 5.06. The van der Waals surface area contributed by atoms with E-state index < -0.39 is 0 Å². The fraction of sp³-hybridized carbons (Fsp3) is 0. The maximum Gasteiger partial charge on any atom is 0.172 e. The fourth-order valence-corrected chi connectivity index (χ4v) is 2.85. The number of phenolic OH excluding ortho intramolecular Hbond substituents is 1. The van der Waals surface area contributed by atoms with Crippen molar-refractivity contribution in [2.75, 3.05) is 0 Å². The van der Waals surface area contributed by atoms with Gasteiger partial charge in [-0.1, -0.05) is 54.6 Å². The van der Waals surface area contributed by atoms with Crippen LogP contribution in [0.4, 0.5) is 5.69 Å². The molecular weight excluding hydrogens is 348 g/mol. The average molecular weight is 366 g/mol. The third kappa shape index (κ3) is 3.88. The summed E-state index contributed by atoms with van der Waals surface area (Å²) in [7, 11) is 0. The lowest BCUT2D eigenvalue weighted by Crippen LogP contribution is -2.20. The van der Waals surface area contributed by atoms with Crippen LogP contribution in [0.3, 0.4) is 0 Å². The minimum Gasteiger partial charge on any atom is -0.507 e. The zero-order valence-electron chi connectivity index (χ0n) is 15.0. The lowest BCUT2D eigenvalue weighted by atomic mass is 10.0. The summed E-state index contributed by atoms with van der Waals surface area (Å²) in [5.41, 5.74) is 5.08. The van der Waals surface area contributed by atoms with Crippen molar-refractivity contribution in [2.45, 2.75) is 0 Å². The quantitative estimate of drug-likeness (QED) is 0.314. The number of phenols is 1. The van der Waals surface area contributed by atoms with E-state index in [-0.39, 0.29) is 5.75 Å². The number of para-hydroxylation sites is 1. The largest absolute Gasteiger partial charge is 0.507 e. The number of hydrogen-bond acceptors (Lipinski definition) is 4. The van der Waals surface area contributed by atoms with E-state index in [1.807, 2.05) is 78.9 Å². The molecule has 0 unspecified atom stereocenters. The summed E-state index contributed by atoms with van der Waals surface area (Å²) in [6.45, 7) is 0. The number of aliphatic imine (C=N–C) groups is 1. The van der Waals surface area contributed by atoms with E-state index in [0.717, 1.165) is 16.5 Å². The molecule has 1 heterocycles. The molecule has 5 nitrogen and oxygen atoms in total. The summed E-state index contributed by atoms with van der Waals surface area (Å²) < 4.78 is 0. The molecule has 0 amide bonds. The van der Waals surface area contributed by atoms with Crippen molar-refractivity contribution in [2.24, 2.45) is 10.1 Å². The SMILES string of the molecule is Oc1ccc2ccccc2c1/C=N/NC(=Nc1ccccc1)c1ccccn1. The monoisotopic (exact) mass is 366 g/mol. The summed E-state index contributed by atoms with van der Waals surface area (Å²) in [5, 5.41) is 16.5. The normalized spacial score (nSPS) is 11.8. The molecule has 1 aromatic heterocycles. The minimum absolute atomic E-state index is 0.170. The van der Waals surface area contributed by atoms with Gasteiger partial charge in [0.2, 0.25) is 0 Å². The third-order valence-electron chi connectivity index (χ3n) is 4.22. The van der Waals surface area contributed by atoms with E-state index in [2.05, 4.69) is 20.5 Å². The number of pyridine rings is 1. The van der Waals surface area contributed by atoms with E-state index >= 15 is 0 Å². The molecule has 28 heavy (non-hydrogen) atoms. The van der Waals surface area contributed by atoms with Gasteiger partial charge in [-0.15, -0.1) is 0 Å². The van der Waals surface area contributed by atoms with Crippen LogP contribution in [0.25, 0.3) is 10.8 Å². The molecule has 0 bridgehead atoms. The molecule has 2 N–H and O–H groups in total. The highest BCUT2D eigenvalue weighted by molar-refractivity contribution is 6.03. The number of benzene rings is 3. The van der Waals surface area contributed by atoms with Gasteiger partial charge in [-0.3, -0.25) is 10.4 Å². The summed E-state index contributed by atoms with van der Waals surface area (Å²) in [5.74, 6) is 0.686. The topological polar surface area (TPSA) is 69.9 Å². The van der Waals surface area contributed by atoms with Gasteiger partial charge in [0.1, 0.15) is 11.4 Å². The first-order valence-corrected chi connectivity index (χ1v) is 8.86. The molecule has 3 aromatic carbocycles. The van der Waals surface area contributed by atoms with Gasteiger partial charge in [0.25, 0.3) is 0 Å². The van der Waals surface area contributed by atoms with Crippen LogP contribution in [0, 0.1) is 0 Å². The van der Waals surface area contributed by atoms with Gasteiger partial charge in [-0.25, -0.2) is 4.99 Å². The summed E-state index contributed by atoms with van der Waals surface area (Å²) in [4.78, 5) is 8.96. The van der Waals surface area contributed by atoms with Crippen molar-refractivity contribution in [3.63, 3.8) is 0 Å². The smallest absolute Gasteiger partial charge is 0.172 e. The van der Waals surface area contributed by atoms with Crippen LogP contribution in [-0.4, -0.2) is 22.1 Å². The first kappa shape index (κ1) is 17.4. The number of aromatic hydroxyl groups is 1. The molecule has 0 spiro atoms. The van der Waals surface area contributed by atoms with Gasteiger partial charge >= 0.3 is 0 Å². The Morgan fingerprint density at radius 1 is 0.857 bits per heavy atom. The van der Waals surface area contributed by atoms with Gasteiger partial charge in [0.05, 0.1) is 11.9 Å². The van der Waals surface area contributed by atoms with Crippen LogP contribution in [0.2, 0.25) is 0 Å². The average Bonchev–Trinajstić information content (AvgIpc) is 2.76. The predicted molar refractivity (Wildman–Crippen MR) is 113 cm³/mol. The lowest BCUT2D eigenvalue weighted by molar-refractivity contribution is 0.475. The molecular formula is C23H18N4O. The second-order valence-electron chi connectivity index (χ2n) is 6.10. The molecule has 136 valence electrons. The van der Waals surface area contributed by atoms with E-state index in [1.54, 1.807) is 18.5 Å².